The van der Waals surface area contributed by atoms with Gasteiger partial charge in [-0.25, -0.2) is 0 Å². The van der Waals surface area contributed by atoms with E-state index in [2.05, 4.69) is 20.4 Å². The molecule has 158 valence electrons. The number of ether oxygens (including phenoxy) is 3. The van der Waals surface area contributed by atoms with Gasteiger partial charge in [0.05, 0.1) is 33.3 Å². The van der Waals surface area contributed by atoms with Crippen LogP contribution >= 0.6 is 0 Å². The van der Waals surface area contributed by atoms with Crippen molar-refractivity contribution in [2.45, 2.75) is 19.4 Å². The molecule has 0 aliphatic carbocycles. The van der Waals surface area contributed by atoms with Gasteiger partial charge in [0, 0.05) is 25.8 Å². The first-order chi connectivity index (χ1) is 14.1. The predicted molar refractivity (Wildman–Crippen MR) is 106 cm³/mol. The van der Waals surface area contributed by atoms with E-state index in [4.69, 9.17) is 18.7 Å². The van der Waals surface area contributed by atoms with E-state index in [-0.39, 0.29) is 11.8 Å². The predicted octanol–water partition coefficient (Wildman–Crippen LogP) is 1.73. The Labute approximate surface area is 170 Å². The van der Waals surface area contributed by atoms with Crippen molar-refractivity contribution in [2.75, 3.05) is 47.6 Å². The van der Waals surface area contributed by atoms with Crippen LogP contribution in [-0.2, 0) is 16.1 Å². The average Bonchev–Trinajstić information content (AvgIpc) is 3.22. The molecule has 0 saturated carbocycles. The highest BCUT2D eigenvalue weighted by Crippen LogP contribution is 2.31. The molecule has 29 heavy (non-hydrogen) atoms. The Morgan fingerprint density at radius 3 is 2.86 bits per heavy atom. The number of aromatic nitrogens is 2. The van der Waals surface area contributed by atoms with E-state index >= 15 is 0 Å². The quantitative estimate of drug-likeness (QED) is 0.631. The van der Waals surface area contributed by atoms with Gasteiger partial charge in [0.1, 0.15) is 0 Å². The van der Waals surface area contributed by atoms with Gasteiger partial charge in [-0.3, -0.25) is 9.69 Å². The second-order valence-electron chi connectivity index (χ2n) is 6.94. The van der Waals surface area contributed by atoms with Gasteiger partial charge in [-0.15, -0.1) is 0 Å². The van der Waals surface area contributed by atoms with Crippen molar-refractivity contribution in [3.05, 3.63) is 24.1 Å². The van der Waals surface area contributed by atoms with Crippen molar-refractivity contribution in [3.8, 4) is 22.9 Å². The molecule has 1 fully saturated rings. The maximum atomic E-state index is 12.3. The van der Waals surface area contributed by atoms with E-state index in [1.54, 1.807) is 21.3 Å². The van der Waals surface area contributed by atoms with Gasteiger partial charge in [0.25, 0.3) is 0 Å². The summed E-state index contributed by atoms with van der Waals surface area (Å²) in [6.07, 6.45) is 1.84. The molecule has 1 N–H and O–H groups in total. The minimum atomic E-state index is -0.0335. The highest BCUT2D eigenvalue weighted by atomic mass is 16.5. The second kappa shape index (κ2) is 10.2. The van der Waals surface area contributed by atoms with E-state index in [1.165, 1.54) is 0 Å². The van der Waals surface area contributed by atoms with E-state index < -0.39 is 0 Å². The standard InChI is InChI=1S/C20H28N4O5/c1-26-10-8-21-20(25)15-5-4-9-24(12-15)13-18-22-19(23-29-18)14-6-7-16(27-2)17(11-14)28-3/h6-7,11,15H,4-5,8-10,12-13H2,1-3H3,(H,21,25)/t15-/m1/s1. The molecular formula is C20H28N4O5. The van der Waals surface area contributed by atoms with Crippen LogP contribution in [0.25, 0.3) is 11.4 Å². The molecule has 1 aromatic heterocycles. The fourth-order valence-electron chi connectivity index (χ4n) is 3.44. The highest BCUT2D eigenvalue weighted by molar-refractivity contribution is 5.78. The number of benzene rings is 1. The monoisotopic (exact) mass is 404 g/mol. The number of rotatable bonds is 9. The Kier molecular flexibility index (Phi) is 7.42. The lowest BCUT2D eigenvalue weighted by molar-refractivity contribution is -0.127. The van der Waals surface area contributed by atoms with Crippen LogP contribution in [0.1, 0.15) is 18.7 Å². The molecule has 0 unspecified atom stereocenters. The summed E-state index contributed by atoms with van der Waals surface area (Å²) >= 11 is 0. The van der Waals surface area contributed by atoms with Gasteiger partial charge in [0.2, 0.25) is 17.6 Å². The molecule has 2 aromatic rings. The Morgan fingerprint density at radius 1 is 1.28 bits per heavy atom. The molecule has 1 amide bonds. The second-order valence-corrected chi connectivity index (χ2v) is 6.94. The number of likely N-dealkylation sites (tertiary alicyclic amines) is 1. The number of piperidine rings is 1. The van der Waals surface area contributed by atoms with Gasteiger partial charge in [0.15, 0.2) is 11.5 Å². The average molecular weight is 404 g/mol. The van der Waals surface area contributed by atoms with Crippen LogP contribution in [0.15, 0.2) is 22.7 Å². The fourth-order valence-corrected chi connectivity index (χ4v) is 3.44. The minimum Gasteiger partial charge on any atom is -0.493 e. The Morgan fingerprint density at radius 2 is 2.10 bits per heavy atom. The molecule has 1 aliphatic heterocycles. The summed E-state index contributed by atoms with van der Waals surface area (Å²) in [6, 6.07) is 5.48. The van der Waals surface area contributed by atoms with Crippen LogP contribution < -0.4 is 14.8 Å². The van der Waals surface area contributed by atoms with Crippen LogP contribution in [0.5, 0.6) is 11.5 Å². The fraction of sp³-hybridized carbons (Fsp3) is 0.550. The number of amides is 1. The molecule has 0 radical (unpaired) electrons. The van der Waals surface area contributed by atoms with E-state index in [0.29, 0.717) is 49.5 Å². The van der Waals surface area contributed by atoms with Crippen molar-refractivity contribution in [2.24, 2.45) is 5.92 Å². The van der Waals surface area contributed by atoms with E-state index in [0.717, 1.165) is 24.9 Å². The van der Waals surface area contributed by atoms with Crippen LogP contribution in [0.2, 0.25) is 0 Å². The van der Waals surface area contributed by atoms with Crippen molar-refractivity contribution in [1.29, 1.82) is 0 Å². The van der Waals surface area contributed by atoms with Crippen molar-refractivity contribution in [3.63, 3.8) is 0 Å². The van der Waals surface area contributed by atoms with Gasteiger partial charge in [-0.2, -0.15) is 4.98 Å². The lowest BCUT2D eigenvalue weighted by Gasteiger charge is -2.30. The Hall–Kier alpha value is -2.65. The molecule has 3 rings (SSSR count). The summed E-state index contributed by atoms with van der Waals surface area (Å²) in [5.41, 5.74) is 0.784. The minimum absolute atomic E-state index is 0.0335. The molecule has 1 atom stereocenters. The zero-order valence-corrected chi connectivity index (χ0v) is 17.1. The Balaban J connectivity index is 1.60. The smallest absolute Gasteiger partial charge is 0.241 e. The summed E-state index contributed by atoms with van der Waals surface area (Å²) in [5.74, 6) is 2.30. The Bertz CT molecular complexity index is 810. The number of carbonyl (C=O) groups excluding carboxylic acids is 1. The molecule has 0 spiro atoms. The largest absolute Gasteiger partial charge is 0.493 e. The van der Waals surface area contributed by atoms with Gasteiger partial charge < -0.3 is 24.1 Å². The number of hydrogen-bond donors (Lipinski definition) is 1. The summed E-state index contributed by atoms with van der Waals surface area (Å²) < 4.78 is 21.0. The molecule has 9 nitrogen and oxygen atoms in total. The van der Waals surface area contributed by atoms with Crippen LogP contribution in [0.3, 0.4) is 0 Å². The van der Waals surface area contributed by atoms with Crippen LogP contribution in [-0.4, -0.2) is 68.5 Å². The first-order valence-corrected chi connectivity index (χ1v) is 9.68. The first-order valence-electron chi connectivity index (χ1n) is 9.68. The van der Waals surface area contributed by atoms with Crippen molar-refractivity contribution < 1.29 is 23.5 Å². The third-order valence-corrected chi connectivity index (χ3v) is 4.95. The number of nitrogens with one attached hydrogen (secondary N) is 1. The third kappa shape index (κ3) is 5.45. The summed E-state index contributed by atoms with van der Waals surface area (Å²) in [6.45, 7) is 3.14. The van der Waals surface area contributed by atoms with Gasteiger partial charge in [-0.05, 0) is 37.6 Å². The summed E-state index contributed by atoms with van der Waals surface area (Å²) in [5, 5.41) is 7.00. The lowest BCUT2D eigenvalue weighted by atomic mass is 9.97. The van der Waals surface area contributed by atoms with Crippen molar-refractivity contribution >= 4 is 5.91 Å². The van der Waals surface area contributed by atoms with Gasteiger partial charge >= 0.3 is 0 Å². The molecular weight excluding hydrogens is 376 g/mol. The zero-order valence-electron chi connectivity index (χ0n) is 17.1. The van der Waals surface area contributed by atoms with Crippen LogP contribution in [0.4, 0.5) is 0 Å². The molecule has 1 saturated heterocycles. The SMILES string of the molecule is COCCNC(=O)[C@@H]1CCCN(Cc2nc(-c3ccc(OC)c(OC)c3)no2)C1. The molecule has 2 heterocycles. The molecule has 0 bridgehead atoms. The maximum absolute atomic E-state index is 12.3. The topological polar surface area (TPSA) is 99.0 Å². The maximum Gasteiger partial charge on any atom is 0.241 e. The first kappa shape index (κ1) is 21.1. The number of hydrogen-bond acceptors (Lipinski definition) is 8. The van der Waals surface area contributed by atoms with E-state index in [9.17, 15) is 4.79 Å². The number of carbonyl (C=O) groups is 1. The number of methoxy groups -OCH3 is 3. The van der Waals surface area contributed by atoms with Crippen LogP contribution in [0, 0.1) is 5.92 Å². The summed E-state index contributed by atoms with van der Waals surface area (Å²) in [4.78, 5) is 19.0. The molecule has 9 heteroatoms. The lowest BCUT2D eigenvalue weighted by Crippen LogP contribution is -2.43. The van der Waals surface area contributed by atoms with E-state index in [1.807, 2.05) is 18.2 Å². The van der Waals surface area contributed by atoms with Crippen molar-refractivity contribution in [1.82, 2.24) is 20.4 Å². The van der Waals surface area contributed by atoms with Gasteiger partial charge in [-0.1, -0.05) is 5.16 Å². The number of nitrogens with zero attached hydrogens (tertiary/aromatic N) is 3. The zero-order chi connectivity index (χ0) is 20.6. The molecule has 1 aromatic carbocycles. The highest BCUT2D eigenvalue weighted by Gasteiger charge is 2.26. The summed E-state index contributed by atoms with van der Waals surface area (Å²) in [7, 11) is 4.80. The molecule has 1 aliphatic rings. The third-order valence-electron chi connectivity index (χ3n) is 4.95. The normalized spacial score (nSPS) is 17.1.